The third-order valence-electron chi connectivity index (χ3n) is 12.6. The molecule has 3 saturated heterocycles. The van der Waals surface area contributed by atoms with Gasteiger partial charge in [-0.15, -0.1) is 0 Å². The summed E-state index contributed by atoms with van der Waals surface area (Å²) in [7, 11) is 0. The van der Waals surface area contributed by atoms with Gasteiger partial charge in [0.2, 0.25) is 0 Å². The average molecular weight is 1020 g/mol. The lowest BCUT2D eigenvalue weighted by Crippen LogP contribution is -2.69. The first-order valence-electron chi connectivity index (χ1n) is 24.3. The van der Waals surface area contributed by atoms with Crippen molar-refractivity contribution >= 4 is 35.9 Å². The van der Waals surface area contributed by atoms with Gasteiger partial charge in [0, 0.05) is 0 Å². The minimum Gasteiger partial charge on any atom is -0.460 e. The molecule has 6 aromatic carbocycles. The fourth-order valence-corrected chi connectivity index (χ4v) is 8.96. The van der Waals surface area contributed by atoms with E-state index in [9.17, 15) is 28.8 Å². The maximum absolute atomic E-state index is 14.8. The Kier molecular flexibility index (Phi) is 16.4. The van der Waals surface area contributed by atoms with Gasteiger partial charge in [0.25, 0.3) is 0 Å². The molecule has 0 radical (unpaired) electrons. The normalized spacial score (nSPS) is 23.6. The van der Waals surface area contributed by atoms with E-state index in [1.54, 1.807) is 172 Å². The van der Waals surface area contributed by atoms with Crippen molar-refractivity contribution in [2.75, 3.05) is 19.8 Å². The number of nitrogens with zero attached hydrogens (tertiary/aromatic N) is 1. The predicted octanol–water partition coefficient (Wildman–Crippen LogP) is 8.03. The highest BCUT2D eigenvalue weighted by Crippen LogP contribution is 2.41. The van der Waals surface area contributed by atoms with Crippen LogP contribution in [0.4, 0.5) is 4.79 Å². The summed E-state index contributed by atoms with van der Waals surface area (Å²) in [5, 5.41) is 0. The largest absolute Gasteiger partial charge is 0.460 e. The van der Waals surface area contributed by atoms with E-state index in [0.29, 0.717) is 5.56 Å². The van der Waals surface area contributed by atoms with Crippen molar-refractivity contribution in [3.05, 3.63) is 215 Å². The van der Waals surface area contributed by atoms with Crippen LogP contribution in [0.2, 0.25) is 0 Å². The van der Waals surface area contributed by atoms with Crippen LogP contribution in [0.25, 0.3) is 0 Å². The van der Waals surface area contributed by atoms with Crippen LogP contribution in [-0.4, -0.2) is 121 Å². The number of amides is 1. The van der Waals surface area contributed by atoms with Crippen molar-refractivity contribution < 1.29 is 76.1 Å². The summed E-state index contributed by atoms with van der Waals surface area (Å²) < 4.78 is 63.3. The van der Waals surface area contributed by atoms with E-state index in [1.165, 1.54) is 24.3 Å². The molecule has 386 valence electrons. The maximum Gasteiger partial charge on any atom is 0.410 e. The summed E-state index contributed by atoms with van der Waals surface area (Å²) in [4.78, 5) is 86.0. The van der Waals surface area contributed by atoms with Crippen LogP contribution in [0.3, 0.4) is 0 Å². The van der Waals surface area contributed by atoms with Gasteiger partial charge in [-0.3, -0.25) is 4.90 Å². The molecule has 0 saturated carbocycles. The molecule has 0 aliphatic carbocycles. The van der Waals surface area contributed by atoms with Gasteiger partial charge in [0.05, 0.1) is 40.4 Å². The van der Waals surface area contributed by atoms with Crippen molar-refractivity contribution in [3.63, 3.8) is 0 Å². The molecule has 0 bridgehead atoms. The van der Waals surface area contributed by atoms with Crippen LogP contribution < -0.4 is 0 Å². The Balaban J connectivity index is 1.16. The van der Waals surface area contributed by atoms with Gasteiger partial charge in [-0.1, -0.05) is 121 Å². The molecule has 0 aromatic heterocycles. The van der Waals surface area contributed by atoms with E-state index in [1.807, 2.05) is 0 Å². The van der Waals surface area contributed by atoms with Gasteiger partial charge in [-0.25, -0.2) is 28.8 Å². The van der Waals surface area contributed by atoms with Crippen molar-refractivity contribution in [1.82, 2.24) is 4.90 Å². The minimum atomic E-state index is -1.75. The summed E-state index contributed by atoms with van der Waals surface area (Å²) in [5.74, 6) is -5.34. The molecule has 6 aromatic rings. The molecule has 1 amide bonds. The van der Waals surface area contributed by atoms with E-state index < -0.39 is 117 Å². The minimum absolute atomic E-state index is 0.103. The van der Waals surface area contributed by atoms with Crippen molar-refractivity contribution in [2.45, 2.75) is 81.3 Å². The Morgan fingerprint density at radius 1 is 0.480 bits per heavy atom. The van der Waals surface area contributed by atoms with Crippen molar-refractivity contribution in [2.24, 2.45) is 0 Å². The number of carbonyl (C=O) groups is 6. The number of rotatable bonds is 16. The van der Waals surface area contributed by atoms with Gasteiger partial charge in [-0.05, 0) is 80.1 Å². The zero-order valence-corrected chi connectivity index (χ0v) is 40.8. The zero-order chi connectivity index (χ0) is 52.3. The standard InChI is InChI=1S/C58H53NO16/c1-58(2)74-48-45(36-67-52(61)39-25-13-5-14-26-39)70-56(50(49(48)75-58)72-55(64)42-31-19-8-20-32-42)73-46-43(35-66-51(60)38-23-11-4-12-24-38)59(57(65)68-34-37-21-9-3-10-22-37)33-44(69-53(62)40-27-15-6-16-28-40)47(46)71-54(63)41-29-17-7-18-30-41/h3-32,43-50,56H,33-36H2,1-2H3/t43-,44+,45-,46-,47-,48+,49+,50-,56+/m1/s1. The Morgan fingerprint density at radius 3 is 1.39 bits per heavy atom. The van der Waals surface area contributed by atoms with Gasteiger partial charge >= 0.3 is 35.9 Å². The number of piperidine rings is 1. The smallest absolute Gasteiger partial charge is 0.410 e. The molecule has 9 rings (SSSR count). The molecule has 3 fully saturated rings. The first kappa shape index (κ1) is 51.7. The second kappa shape index (κ2) is 23.8. The Bertz CT molecular complexity index is 2890. The fraction of sp³-hybridized carbons (Fsp3) is 0.276. The number of hydrogen-bond donors (Lipinski definition) is 0. The van der Waals surface area contributed by atoms with Crippen molar-refractivity contribution in [1.29, 1.82) is 0 Å². The highest BCUT2D eigenvalue weighted by atomic mass is 16.8. The number of benzene rings is 6. The first-order chi connectivity index (χ1) is 36.4. The summed E-state index contributed by atoms with van der Waals surface area (Å²) in [6.45, 7) is 1.53. The monoisotopic (exact) mass is 1020 g/mol. The van der Waals surface area contributed by atoms with E-state index in [0.717, 1.165) is 4.90 Å². The summed E-state index contributed by atoms with van der Waals surface area (Å²) in [6, 6.07) is 47.9. The highest BCUT2D eigenvalue weighted by Gasteiger charge is 2.60. The molecule has 3 aliphatic heterocycles. The van der Waals surface area contributed by atoms with Gasteiger partial charge in [0.15, 0.2) is 30.4 Å². The van der Waals surface area contributed by atoms with Crippen LogP contribution >= 0.6 is 0 Å². The van der Waals surface area contributed by atoms with Gasteiger partial charge < -0.3 is 47.4 Å². The van der Waals surface area contributed by atoms with E-state index >= 15 is 0 Å². The third-order valence-corrected chi connectivity index (χ3v) is 12.6. The SMILES string of the molecule is CC1(C)O[C@H]2[C@@H](O1)[C@@H](COC(=O)c1ccccc1)O[C@@H](O[C@H]1[C@H](OC(=O)c3ccccc3)[C@@H](OC(=O)c3ccccc3)CN(C(=O)OCc3ccccc3)[C@@H]1COC(=O)c1ccccc1)[C@@H]2OC(=O)c1ccccc1. The molecule has 17 nitrogen and oxygen atoms in total. The molecule has 0 spiro atoms. The van der Waals surface area contributed by atoms with E-state index in [2.05, 4.69) is 0 Å². The highest BCUT2D eigenvalue weighted by molar-refractivity contribution is 5.92. The third kappa shape index (κ3) is 12.8. The summed E-state index contributed by atoms with van der Waals surface area (Å²) in [6.07, 6.45) is -12.5. The molecule has 0 N–H and O–H groups in total. The van der Waals surface area contributed by atoms with Crippen LogP contribution in [0, 0.1) is 0 Å². The molecule has 9 atom stereocenters. The fourth-order valence-electron chi connectivity index (χ4n) is 8.96. The summed E-state index contributed by atoms with van der Waals surface area (Å²) in [5.41, 5.74) is 1.45. The van der Waals surface area contributed by atoms with Gasteiger partial charge in [-0.2, -0.15) is 0 Å². The first-order valence-corrected chi connectivity index (χ1v) is 24.3. The molecular weight excluding hydrogens is 967 g/mol. The van der Waals surface area contributed by atoms with Crippen LogP contribution in [0.15, 0.2) is 182 Å². The number of ether oxygens (including phenoxy) is 10. The molecule has 0 unspecified atom stereocenters. The lowest BCUT2D eigenvalue weighted by molar-refractivity contribution is -0.313. The number of carbonyl (C=O) groups excluding carboxylic acids is 6. The van der Waals surface area contributed by atoms with Crippen molar-refractivity contribution in [3.8, 4) is 0 Å². The number of esters is 5. The van der Waals surface area contributed by atoms with Gasteiger partial charge in [0.1, 0.15) is 44.2 Å². The van der Waals surface area contributed by atoms with Crippen LogP contribution in [-0.2, 0) is 54.0 Å². The summed E-state index contributed by atoms with van der Waals surface area (Å²) >= 11 is 0. The lowest BCUT2D eigenvalue weighted by atomic mass is 9.92. The predicted molar refractivity (Wildman–Crippen MR) is 265 cm³/mol. The average Bonchev–Trinajstić information content (AvgIpc) is 3.81. The second-order valence-electron chi connectivity index (χ2n) is 18.2. The number of hydrogen-bond acceptors (Lipinski definition) is 16. The topological polar surface area (TPSA) is 198 Å². The lowest BCUT2D eigenvalue weighted by Gasteiger charge is -2.49. The van der Waals surface area contributed by atoms with Crippen LogP contribution in [0.1, 0.15) is 71.2 Å². The second-order valence-corrected chi connectivity index (χ2v) is 18.2. The Labute approximate surface area is 432 Å². The molecule has 17 heteroatoms. The molecule has 3 aliphatic rings. The molecular formula is C58H53NO16. The zero-order valence-electron chi connectivity index (χ0n) is 40.8. The van der Waals surface area contributed by atoms with E-state index in [4.69, 9.17) is 47.4 Å². The Morgan fingerprint density at radius 2 is 0.893 bits per heavy atom. The number of fused-ring (bicyclic) bond motifs is 1. The molecule has 75 heavy (non-hydrogen) atoms. The molecule has 3 heterocycles. The Hall–Kier alpha value is -8.22. The quantitative estimate of drug-likeness (QED) is 0.0666. The number of likely N-dealkylation sites (tertiary alicyclic amines) is 1. The maximum atomic E-state index is 14.8. The van der Waals surface area contributed by atoms with Crippen LogP contribution in [0.5, 0.6) is 0 Å². The van der Waals surface area contributed by atoms with E-state index in [-0.39, 0.29) is 34.4 Å².